The van der Waals surface area contributed by atoms with Crippen LogP contribution in [0, 0.1) is 5.82 Å². The lowest BCUT2D eigenvalue weighted by Crippen LogP contribution is -2.30. The molecule has 0 saturated carbocycles. The average Bonchev–Trinajstić information content (AvgIpc) is 2.39. The van der Waals surface area contributed by atoms with Gasteiger partial charge < -0.3 is 0 Å². The first kappa shape index (κ1) is 13.0. The molecule has 1 atom stereocenters. The fourth-order valence-electron chi connectivity index (χ4n) is 1.87. The van der Waals surface area contributed by atoms with Crippen molar-refractivity contribution in [1.82, 2.24) is 5.43 Å². The SMILES string of the molecule is NNC(Cc1ccc(Cl)cc1)c1ccccc1F. The van der Waals surface area contributed by atoms with Gasteiger partial charge in [0.15, 0.2) is 0 Å². The molecule has 2 aromatic rings. The molecule has 94 valence electrons. The summed E-state index contributed by atoms with van der Waals surface area (Å²) < 4.78 is 13.7. The van der Waals surface area contributed by atoms with Crippen molar-refractivity contribution in [3.63, 3.8) is 0 Å². The van der Waals surface area contributed by atoms with Crippen LogP contribution in [0.5, 0.6) is 0 Å². The minimum Gasteiger partial charge on any atom is -0.271 e. The molecular formula is C14H14ClFN2. The molecule has 3 N–H and O–H groups in total. The van der Waals surface area contributed by atoms with Crippen molar-refractivity contribution >= 4 is 11.6 Å². The highest BCUT2D eigenvalue weighted by Crippen LogP contribution is 2.21. The topological polar surface area (TPSA) is 38.0 Å². The van der Waals surface area contributed by atoms with Crippen molar-refractivity contribution in [3.8, 4) is 0 Å². The molecule has 0 spiro atoms. The largest absolute Gasteiger partial charge is 0.271 e. The third-order valence-electron chi connectivity index (χ3n) is 2.83. The van der Waals surface area contributed by atoms with Crippen LogP contribution in [0.3, 0.4) is 0 Å². The Balaban J connectivity index is 2.20. The Bertz CT molecular complexity index is 513. The predicted octanol–water partition coefficient (Wildman–Crippen LogP) is 3.23. The van der Waals surface area contributed by atoms with Gasteiger partial charge in [-0.2, -0.15) is 0 Å². The normalized spacial score (nSPS) is 12.4. The van der Waals surface area contributed by atoms with Crippen LogP contribution >= 0.6 is 11.6 Å². The third-order valence-corrected chi connectivity index (χ3v) is 3.09. The second-order valence-corrected chi connectivity index (χ2v) is 4.51. The van der Waals surface area contributed by atoms with Crippen molar-refractivity contribution in [2.45, 2.75) is 12.5 Å². The molecule has 0 heterocycles. The van der Waals surface area contributed by atoms with Gasteiger partial charge in [-0.25, -0.2) is 4.39 Å². The summed E-state index contributed by atoms with van der Waals surface area (Å²) in [4.78, 5) is 0. The van der Waals surface area contributed by atoms with E-state index in [9.17, 15) is 4.39 Å². The molecule has 0 fully saturated rings. The highest BCUT2D eigenvalue weighted by Gasteiger charge is 2.14. The number of benzene rings is 2. The highest BCUT2D eigenvalue weighted by atomic mass is 35.5. The van der Waals surface area contributed by atoms with Gasteiger partial charge in [-0.15, -0.1) is 0 Å². The van der Waals surface area contributed by atoms with Crippen LogP contribution in [0.4, 0.5) is 4.39 Å². The maximum Gasteiger partial charge on any atom is 0.128 e. The van der Waals surface area contributed by atoms with Crippen molar-refractivity contribution in [3.05, 3.63) is 70.5 Å². The molecule has 0 bridgehead atoms. The van der Waals surface area contributed by atoms with Gasteiger partial charge in [-0.1, -0.05) is 41.9 Å². The van der Waals surface area contributed by atoms with E-state index in [1.54, 1.807) is 18.2 Å². The summed E-state index contributed by atoms with van der Waals surface area (Å²) in [6.45, 7) is 0. The lowest BCUT2D eigenvalue weighted by Gasteiger charge is -2.17. The molecule has 0 aliphatic rings. The zero-order valence-corrected chi connectivity index (χ0v) is 10.5. The summed E-state index contributed by atoms with van der Waals surface area (Å²) in [6.07, 6.45) is 0.606. The molecule has 18 heavy (non-hydrogen) atoms. The monoisotopic (exact) mass is 264 g/mol. The molecular weight excluding hydrogens is 251 g/mol. The van der Waals surface area contributed by atoms with Crippen molar-refractivity contribution < 1.29 is 4.39 Å². The summed E-state index contributed by atoms with van der Waals surface area (Å²) in [6, 6.07) is 13.8. The summed E-state index contributed by atoms with van der Waals surface area (Å²) in [7, 11) is 0. The molecule has 2 aromatic carbocycles. The number of nitrogens with two attached hydrogens (primary N) is 1. The fraction of sp³-hybridized carbons (Fsp3) is 0.143. The third kappa shape index (κ3) is 3.07. The number of hydrazine groups is 1. The van der Waals surface area contributed by atoms with E-state index in [-0.39, 0.29) is 11.9 Å². The summed E-state index contributed by atoms with van der Waals surface area (Å²) in [5.74, 6) is 5.25. The van der Waals surface area contributed by atoms with Crippen LogP contribution in [0.2, 0.25) is 5.02 Å². The maximum atomic E-state index is 13.7. The second kappa shape index (κ2) is 5.96. The molecule has 2 nitrogen and oxygen atoms in total. The zero-order chi connectivity index (χ0) is 13.0. The van der Waals surface area contributed by atoms with E-state index in [1.165, 1.54) is 6.07 Å². The number of hydrogen-bond donors (Lipinski definition) is 2. The van der Waals surface area contributed by atoms with Gasteiger partial charge in [0.25, 0.3) is 0 Å². The van der Waals surface area contributed by atoms with E-state index in [1.807, 2.05) is 24.3 Å². The first-order valence-corrected chi connectivity index (χ1v) is 6.03. The van der Waals surface area contributed by atoms with E-state index < -0.39 is 0 Å². The Morgan fingerprint density at radius 3 is 2.39 bits per heavy atom. The van der Waals surface area contributed by atoms with E-state index in [0.717, 1.165) is 5.56 Å². The highest BCUT2D eigenvalue weighted by molar-refractivity contribution is 6.30. The van der Waals surface area contributed by atoms with Crippen molar-refractivity contribution in [2.24, 2.45) is 5.84 Å². The van der Waals surface area contributed by atoms with Crippen LogP contribution in [0.15, 0.2) is 48.5 Å². The predicted molar refractivity (Wildman–Crippen MR) is 71.6 cm³/mol. The van der Waals surface area contributed by atoms with Crippen molar-refractivity contribution in [2.75, 3.05) is 0 Å². The molecule has 0 aromatic heterocycles. The first-order valence-electron chi connectivity index (χ1n) is 5.65. The lowest BCUT2D eigenvalue weighted by atomic mass is 9.99. The molecule has 1 unspecified atom stereocenters. The molecule has 0 saturated heterocycles. The molecule has 0 radical (unpaired) electrons. The van der Waals surface area contributed by atoms with Crippen LogP contribution in [-0.2, 0) is 6.42 Å². The standard InChI is InChI=1S/C14H14ClFN2/c15-11-7-5-10(6-8-11)9-14(18-17)12-3-1-2-4-13(12)16/h1-8,14,18H,9,17H2. The van der Waals surface area contributed by atoms with Gasteiger partial charge in [0.05, 0.1) is 6.04 Å². The zero-order valence-electron chi connectivity index (χ0n) is 9.74. The Labute approximate surface area is 111 Å². The molecule has 0 aliphatic carbocycles. The summed E-state index contributed by atoms with van der Waals surface area (Å²) in [5.41, 5.74) is 4.26. The Morgan fingerprint density at radius 1 is 1.11 bits per heavy atom. The number of rotatable bonds is 4. The smallest absolute Gasteiger partial charge is 0.128 e. The number of nitrogens with one attached hydrogen (secondary N) is 1. The first-order chi connectivity index (χ1) is 8.70. The Kier molecular flexibility index (Phi) is 4.31. The van der Waals surface area contributed by atoms with Gasteiger partial charge >= 0.3 is 0 Å². The number of hydrogen-bond acceptors (Lipinski definition) is 2. The molecule has 2 rings (SSSR count). The van der Waals surface area contributed by atoms with Crippen LogP contribution in [0.1, 0.15) is 17.2 Å². The summed E-state index contributed by atoms with van der Waals surface area (Å²) >= 11 is 5.82. The Hall–Kier alpha value is -1.42. The van der Waals surface area contributed by atoms with Crippen LogP contribution < -0.4 is 11.3 Å². The van der Waals surface area contributed by atoms with Gasteiger partial charge in [-0.05, 0) is 30.2 Å². The maximum absolute atomic E-state index is 13.7. The van der Waals surface area contributed by atoms with Crippen LogP contribution in [-0.4, -0.2) is 0 Å². The van der Waals surface area contributed by atoms with Crippen molar-refractivity contribution in [1.29, 1.82) is 0 Å². The fourth-order valence-corrected chi connectivity index (χ4v) is 2.00. The van der Waals surface area contributed by atoms with E-state index in [4.69, 9.17) is 17.4 Å². The number of halogens is 2. The Morgan fingerprint density at radius 2 is 1.78 bits per heavy atom. The minimum absolute atomic E-state index is 0.255. The molecule has 4 heteroatoms. The van der Waals surface area contributed by atoms with Gasteiger partial charge in [0.2, 0.25) is 0 Å². The van der Waals surface area contributed by atoms with Gasteiger partial charge in [0.1, 0.15) is 5.82 Å². The second-order valence-electron chi connectivity index (χ2n) is 4.07. The van der Waals surface area contributed by atoms with E-state index in [0.29, 0.717) is 17.0 Å². The average molecular weight is 265 g/mol. The van der Waals surface area contributed by atoms with Crippen LogP contribution in [0.25, 0.3) is 0 Å². The minimum atomic E-state index is -0.257. The van der Waals surface area contributed by atoms with Gasteiger partial charge in [-0.3, -0.25) is 11.3 Å². The summed E-state index contributed by atoms with van der Waals surface area (Å²) in [5, 5.41) is 0.682. The quantitative estimate of drug-likeness (QED) is 0.657. The molecule has 0 aliphatic heterocycles. The lowest BCUT2D eigenvalue weighted by molar-refractivity contribution is 0.510. The van der Waals surface area contributed by atoms with E-state index in [2.05, 4.69) is 5.43 Å². The molecule has 0 amide bonds. The van der Waals surface area contributed by atoms with Gasteiger partial charge in [0, 0.05) is 10.6 Å². The van der Waals surface area contributed by atoms with E-state index >= 15 is 0 Å².